The lowest BCUT2D eigenvalue weighted by Gasteiger charge is -2.34. The van der Waals surface area contributed by atoms with Crippen LogP contribution in [0.2, 0.25) is 0 Å². The number of hydrogen-bond acceptors (Lipinski definition) is 6. The maximum Gasteiger partial charge on any atom is 0.327 e. The summed E-state index contributed by atoms with van der Waals surface area (Å²) < 4.78 is 10.3. The van der Waals surface area contributed by atoms with Crippen LogP contribution in [0.15, 0.2) is 0 Å². The summed E-state index contributed by atoms with van der Waals surface area (Å²) in [6.45, 7) is 8.39. The fourth-order valence-corrected chi connectivity index (χ4v) is 3.11. The quantitative estimate of drug-likeness (QED) is 0.690. The number of likely N-dealkylation sites (tertiary alicyclic amines) is 1. The molecule has 0 radical (unpaired) electrons. The second kappa shape index (κ2) is 6.85. The van der Waals surface area contributed by atoms with Gasteiger partial charge in [-0.15, -0.1) is 0 Å². The van der Waals surface area contributed by atoms with Gasteiger partial charge in [0.25, 0.3) is 0 Å². The Morgan fingerprint density at radius 2 is 2.10 bits per heavy atom. The van der Waals surface area contributed by atoms with E-state index < -0.39 is 5.54 Å². The Morgan fingerprint density at radius 3 is 2.70 bits per heavy atom. The van der Waals surface area contributed by atoms with E-state index in [0.717, 1.165) is 39.4 Å². The molecule has 2 aliphatic heterocycles. The highest BCUT2D eigenvalue weighted by Gasteiger charge is 2.38. The molecule has 6 nitrogen and oxygen atoms in total. The van der Waals surface area contributed by atoms with E-state index in [2.05, 4.69) is 15.1 Å². The summed E-state index contributed by atoms with van der Waals surface area (Å²) >= 11 is 0. The number of esters is 1. The molecule has 0 saturated carbocycles. The Labute approximate surface area is 121 Å². The minimum Gasteiger partial charge on any atom is -0.468 e. The predicted octanol–water partition coefficient (Wildman–Crippen LogP) is -0.456. The minimum absolute atomic E-state index is 0.199. The summed E-state index contributed by atoms with van der Waals surface area (Å²) in [5.74, 6) is -0.199. The van der Waals surface area contributed by atoms with E-state index in [-0.39, 0.29) is 5.97 Å². The normalized spacial score (nSPS) is 28.2. The van der Waals surface area contributed by atoms with Crippen LogP contribution in [-0.4, -0.2) is 87.4 Å². The van der Waals surface area contributed by atoms with Crippen molar-refractivity contribution < 1.29 is 14.3 Å². The lowest BCUT2D eigenvalue weighted by atomic mass is 10.0. The first kappa shape index (κ1) is 15.7. The average molecular weight is 285 g/mol. The fourth-order valence-electron chi connectivity index (χ4n) is 3.11. The van der Waals surface area contributed by atoms with Crippen molar-refractivity contribution in [2.45, 2.75) is 24.9 Å². The SMILES string of the molecule is CNC(C)(CN1CCC(N2CCOCC2)C1)C(=O)OC. The number of carbonyl (C=O) groups excluding carboxylic acids is 1. The maximum absolute atomic E-state index is 11.9. The van der Waals surface area contributed by atoms with Gasteiger partial charge in [-0.1, -0.05) is 0 Å². The summed E-state index contributed by atoms with van der Waals surface area (Å²) in [6.07, 6.45) is 1.17. The smallest absolute Gasteiger partial charge is 0.327 e. The molecule has 2 aliphatic rings. The molecule has 2 rings (SSSR count). The topological polar surface area (TPSA) is 54.0 Å². The number of morpholine rings is 1. The van der Waals surface area contributed by atoms with Crippen LogP contribution in [0.4, 0.5) is 0 Å². The van der Waals surface area contributed by atoms with E-state index in [0.29, 0.717) is 12.6 Å². The van der Waals surface area contributed by atoms with Gasteiger partial charge < -0.3 is 14.8 Å². The molecular formula is C14H27N3O3. The summed E-state index contributed by atoms with van der Waals surface area (Å²) in [7, 11) is 3.25. The second-order valence-corrected chi connectivity index (χ2v) is 5.90. The first-order valence-corrected chi connectivity index (χ1v) is 7.40. The number of rotatable bonds is 5. The lowest BCUT2D eigenvalue weighted by molar-refractivity contribution is -0.148. The third-order valence-corrected chi connectivity index (χ3v) is 4.54. The Bertz CT molecular complexity index is 334. The summed E-state index contributed by atoms with van der Waals surface area (Å²) in [4.78, 5) is 16.8. The Hall–Kier alpha value is -0.690. The van der Waals surface area contributed by atoms with E-state index in [1.807, 2.05) is 14.0 Å². The Balaban J connectivity index is 1.87. The highest BCUT2D eigenvalue weighted by Crippen LogP contribution is 2.19. The molecule has 0 aromatic heterocycles. The molecule has 0 aliphatic carbocycles. The van der Waals surface area contributed by atoms with Crippen molar-refractivity contribution in [3.05, 3.63) is 0 Å². The first-order valence-electron chi connectivity index (χ1n) is 7.40. The first-order chi connectivity index (χ1) is 9.59. The van der Waals surface area contributed by atoms with E-state index in [9.17, 15) is 4.79 Å². The zero-order valence-corrected chi connectivity index (χ0v) is 12.9. The summed E-state index contributed by atoms with van der Waals surface area (Å²) in [5.41, 5.74) is -0.630. The molecule has 1 N–H and O–H groups in total. The monoisotopic (exact) mass is 285 g/mol. The lowest BCUT2D eigenvalue weighted by Crippen LogP contribution is -2.56. The van der Waals surface area contributed by atoms with Crippen LogP contribution < -0.4 is 5.32 Å². The molecule has 6 heteroatoms. The molecule has 2 unspecified atom stereocenters. The number of carbonyl (C=O) groups is 1. The molecule has 116 valence electrons. The number of likely N-dealkylation sites (N-methyl/N-ethyl adjacent to an activating group) is 1. The fraction of sp³-hybridized carbons (Fsp3) is 0.929. The molecular weight excluding hydrogens is 258 g/mol. The third kappa shape index (κ3) is 3.49. The molecule has 2 atom stereocenters. The molecule has 2 heterocycles. The minimum atomic E-state index is -0.630. The van der Waals surface area contributed by atoms with Crippen molar-refractivity contribution in [1.82, 2.24) is 15.1 Å². The zero-order valence-electron chi connectivity index (χ0n) is 12.9. The highest BCUT2D eigenvalue weighted by atomic mass is 16.5. The molecule has 2 saturated heterocycles. The van der Waals surface area contributed by atoms with Gasteiger partial charge in [-0.3, -0.25) is 14.6 Å². The van der Waals surface area contributed by atoms with Gasteiger partial charge in [-0.05, 0) is 26.9 Å². The standard InChI is InChI=1S/C14H27N3O3/c1-14(15-2,13(18)19-3)11-16-5-4-12(10-16)17-6-8-20-9-7-17/h12,15H,4-11H2,1-3H3. The number of nitrogens with one attached hydrogen (secondary N) is 1. The molecule has 0 bridgehead atoms. The largest absolute Gasteiger partial charge is 0.468 e. The number of hydrogen-bond donors (Lipinski definition) is 1. The van der Waals surface area contributed by atoms with Crippen molar-refractivity contribution >= 4 is 5.97 Å². The number of ether oxygens (including phenoxy) is 2. The van der Waals surface area contributed by atoms with Crippen LogP contribution in [0.3, 0.4) is 0 Å². The van der Waals surface area contributed by atoms with Crippen LogP contribution in [0, 0.1) is 0 Å². The number of nitrogens with zero attached hydrogens (tertiary/aromatic N) is 2. The van der Waals surface area contributed by atoms with Gasteiger partial charge >= 0.3 is 5.97 Å². The maximum atomic E-state index is 11.9. The molecule has 0 amide bonds. The van der Waals surface area contributed by atoms with Crippen LogP contribution >= 0.6 is 0 Å². The Morgan fingerprint density at radius 1 is 1.40 bits per heavy atom. The van der Waals surface area contributed by atoms with Crippen molar-refractivity contribution in [3.63, 3.8) is 0 Å². The molecule has 0 aromatic rings. The molecule has 2 fully saturated rings. The van der Waals surface area contributed by atoms with Gasteiger partial charge in [0, 0.05) is 32.2 Å². The van der Waals surface area contributed by atoms with Crippen molar-refractivity contribution in [2.75, 3.05) is 60.1 Å². The van der Waals surface area contributed by atoms with Crippen molar-refractivity contribution in [1.29, 1.82) is 0 Å². The molecule has 20 heavy (non-hydrogen) atoms. The van der Waals surface area contributed by atoms with E-state index in [1.54, 1.807) is 0 Å². The average Bonchev–Trinajstić information content (AvgIpc) is 2.95. The van der Waals surface area contributed by atoms with Crippen LogP contribution in [-0.2, 0) is 14.3 Å². The predicted molar refractivity (Wildman–Crippen MR) is 76.7 cm³/mol. The Kier molecular flexibility index (Phi) is 5.37. The van der Waals surface area contributed by atoms with Gasteiger partial charge in [0.15, 0.2) is 0 Å². The van der Waals surface area contributed by atoms with Crippen LogP contribution in [0.25, 0.3) is 0 Å². The van der Waals surface area contributed by atoms with Gasteiger partial charge in [0.05, 0.1) is 20.3 Å². The zero-order chi connectivity index (χ0) is 14.6. The summed E-state index contributed by atoms with van der Waals surface area (Å²) in [6, 6.07) is 0.595. The third-order valence-electron chi connectivity index (χ3n) is 4.54. The highest BCUT2D eigenvalue weighted by molar-refractivity contribution is 5.80. The second-order valence-electron chi connectivity index (χ2n) is 5.90. The van der Waals surface area contributed by atoms with E-state index in [4.69, 9.17) is 9.47 Å². The van der Waals surface area contributed by atoms with Gasteiger partial charge in [-0.2, -0.15) is 0 Å². The van der Waals surface area contributed by atoms with Crippen LogP contribution in [0.1, 0.15) is 13.3 Å². The van der Waals surface area contributed by atoms with Gasteiger partial charge in [-0.25, -0.2) is 0 Å². The van der Waals surface area contributed by atoms with Gasteiger partial charge in [0.2, 0.25) is 0 Å². The van der Waals surface area contributed by atoms with E-state index in [1.165, 1.54) is 13.5 Å². The van der Waals surface area contributed by atoms with Crippen molar-refractivity contribution in [3.8, 4) is 0 Å². The van der Waals surface area contributed by atoms with Crippen molar-refractivity contribution in [2.24, 2.45) is 0 Å². The number of methoxy groups -OCH3 is 1. The van der Waals surface area contributed by atoms with E-state index >= 15 is 0 Å². The summed E-state index contributed by atoms with van der Waals surface area (Å²) in [5, 5.41) is 3.10. The van der Waals surface area contributed by atoms with Gasteiger partial charge in [0.1, 0.15) is 5.54 Å². The molecule has 0 aromatic carbocycles. The van der Waals surface area contributed by atoms with Crippen LogP contribution in [0.5, 0.6) is 0 Å². The molecule has 0 spiro atoms.